The summed E-state index contributed by atoms with van der Waals surface area (Å²) < 4.78 is 19.1. The summed E-state index contributed by atoms with van der Waals surface area (Å²) in [5.41, 5.74) is 1.35. The van der Waals surface area contributed by atoms with E-state index < -0.39 is 11.9 Å². The molecule has 6 heteroatoms. The van der Waals surface area contributed by atoms with Gasteiger partial charge >= 0.3 is 0 Å². The molecule has 0 saturated carbocycles. The van der Waals surface area contributed by atoms with Gasteiger partial charge in [-0.15, -0.1) is 0 Å². The third-order valence-corrected chi connectivity index (χ3v) is 3.58. The van der Waals surface area contributed by atoms with Crippen LogP contribution in [-0.4, -0.2) is 13.0 Å². The smallest absolute Gasteiger partial charge is 0.246 e. The third-order valence-electron chi connectivity index (χ3n) is 3.28. The predicted octanol–water partition coefficient (Wildman–Crippen LogP) is 3.48. The maximum absolute atomic E-state index is 13.6. The van der Waals surface area contributed by atoms with Crippen LogP contribution in [0.2, 0.25) is 5.02 Å². The third kappa shape index (κ3) is 2.46. The van der Waals surface area contributed by atoms with Crippen molar-refractivity contribution in [3.05, 3.63) is 52.8 Å². The molecular formula is C15H12ClFN2O2. The van der Waals surface area contributed by atoms with Gasteiger partial charge in [-0.05, 0) is 25.2 Å². The molecule has 2 N–H and O–H groups in total. The Hall–Kier alpha value is -2.11. The molecule has 4 nitrogen and oxygen atoms in total. The summed E-state index contributed by atoms with van der Waals surface area (Å²) in [4.78, 5) is 11.8. The molecular weight excluding hydrogens is 295 g/mol. The van der Waals surface area contributed by atoms with Crippen molar-refractivity contribution in [1.29, 1.82) is 0 Å². The number of hydrogen-bond donors (Lipinski definition) is 2. The van der Waals surface area contributed by atoms with Crippen molar-refractivity contribution in [2.75, 3.05) is 12.4 Å². The van der Waals surface area contributed by atoms with Crippen LogP contribution < -0.4 is 15.4 Å². The van der Waals surface area contributed by atoms with Gasteiger partial charge in [0.2, 0.25) is 5.91 Å². The molecule has 0 spiro atoms. The van der Waals surface area contributed by atoms with Crippen molar-refractivity contribution >= 4 is 23.2 Å². The van der Waals surface area contributed by atoms with Crippen molar-refractivity contribution in [1.82, 2.24) is 5.32 Å². The molecule has 1 aliphatic rings. The van der Waals surface area contributed by atoms with Gasteiger partial charge in [0.05, 0.1) is 5.02 Å². The number of nitrogens with one attached hydrogen (secondary N) is 2. The molecule has 0 radical (unpaired) electrons. The van der Waals surface area contributed by atoms with E-state index in [-0.39, 0.29) is 17.4 Å². The SMILES string of the molecule is CNC1C(=O)Nc2cc(Oc3ccccc3F)c(Cl)cc21. The molecule has 108 valence electrons. The number of anilines is 1. The Kier molecular flexibility index (Phi) is 3.53. The quantitative estimate of drug-likeness (QED) is 0.912. The number of hydrogen-bond acceptors (Lipinski definition) is 3. The number of benzene rings is 2. The van der Waals surface area contributed by atoms with Gasteiger partial charge in [0.15, 0.2) is 11.6 Å². The van der Waals surface area contributed by atoms with Crippen LogP contribution in [0.25, 0.3) is 0 Å². The molecule has 1 aliphatic heterocycles. The van der Waals surface area contributed by atoms with E-state index in [1.165, 1.54) is 12.1 Å². The largest absolute Gasteiger partial charge is 0.453 e. The second kappa shape index (κ2) is 5.35. The van der Waals surface area contributed by atoms with Gasteiger partial charge in [-0.1, -0.05) is 23.7 Å². The molecule has 2 aromatic rings. The average Bonchev–Trinajstić information content (AvgIpc) is 2.76. The summed E-state index contributed by atoms with van der Waals surface area (Å²) in [5.74, 6) is -0.274. The maximum atomic E-state index is 13.6. The predicted molar refractivity (Wildman–Crippen MR) is 78.4 cm³/mol. The highest BCUT2D eigenvalue weighted by atomic mass is 35.5. The molecule has 1 amide bonds. The van der Waals surface area contributed by atoms with Crippen LogP contribution in [0.5, 0.6) is 11.5 Å². The van der Waals surface area contributed by atoms with Crippen molar-refractivity contribution in [2.24, 2.45) is 0 Å². The Labute approximate surface area is 125 Å². The van der Waals surface area contributed by atoms with Crippen molar-refractivity contribution in [2.45, 2.75) is 6.04 Å². The van der Waals surface area contributed by atoms with Crippen molar-refractivity contribution in [3.8, 4) is 11.5 Å². The number of ether oxygens (including phenoxy) is 1. The van der Waals surface area contributed by atoms with Crippen molar-refractivity contribution in [3.63, 3.8) is 0 Å². The Bertz CT molecular complexity index is 721. The number of carbonyl (C=O) groups excluding carboxylic acids is 1. The van der Waals surface area contributed by atoms with Crippen LogP contribution in [0.15, 0.2) is 36.4 Å². The second-order valence-corrected chi connectivity index (χ2v) is 5.02. The highest BCUT2D eigenvalue weighted by Crippen LogP contribution is 2.40. The Morgan fingerprint density at radius 1 is 1.29 bits per heavy atom. The first-order chi connectivity index (χ1) is 10.1. The van der Waals surface area contributed by atoms with Gasteiger partial charge in [-0.2, -0.15) is 0 Å². The number of carbonyl (C=O) groups is 1. The summed E-state index contributed by atoms with van der Waals surface area (Å²) in [7, 11) is 1.69. The van der Waals surface area contributed by atoms with Crippen LogP contribution in [0.3, 0.4) is 0 Å². The molecule has 1 heterocycles. The lowest BCUT2D eigenvalue weighted by Gasteiger charge is -2.11. The van der Waals surface area contributed by atoms with Gasteiger partial charge in [-0.3, -0.25) is 4.79 Å². The van der Waals surface area contributed by atoms with Gasteiger partial charge in [0, 0.05) is 17.3 Å². The molecule has 21 heavy (non-hydrogen) atoms. The normalized spacial score (nSPS) is 16.5. The second-order valence-electron chi connectivity index (χ2n) is 4.61. The van der Waals surface area contributed by atoms with E-state index in [4.69, 9.17) is 16.3 Å². The highest BCUT2D eigenvalue weighted by Gasteiger charge is 2.30. The minimum Gasteiger partial charge on any atom is -0.453 e. The van der Waals surface area contributed by atoms with Crippen LogP contribution in [-0.2, 0) is 4.79 Å². The maximum Gasteiger partial charge on any atom is 0.246 e. The monoisotopic (exact) mass is 306 g/mol. The zero-order valence-electron chi connectivity index (χ0n) is 11.1. The number of rotatable bonds is 3. The molecule has 0 aliphatic carbocycles. The summed E-state index contributed by atoms with van der Waals surface area (Å²) in [5, 5.41) is 5.95. The number of para-hydroxylation sites is 1. The summed E-state index contributed by atoms with van der Waals surface area (Å²) in [6.45, 7) is 0. The first kappa shape index (κ1) is 13.9. The fraction of sp³-hybridized carbons (Fsp3) is 0.133. The van der Waals surface area contributed by atoms with E-state index in [1.54, 1.807) is 31.3 Å². The topological polar surface area (TPSA) is 50.4 Å². The van der Waals surface area contributed by atoms with Crippen molar-refractivity contribution < 1.29 is 13.9 Å². The lowest BCUT2D eigenvalue weighted by molar-refractivity contribution is -0.117. The van der Waals surface area contributed by atoms with Gasteiger partial charge in [0.25, 0.3) is 0 Å². The van der Waals surface area contributed by atoms with Gasteiger partial charge in [-0.25, -0.2) is 4.39 Å². The number of halogens is 2. The van der Waals surface area contributed by atoms with E-state index in [2.05, 4.69) is 10.6 Å². The Balaban J connectivity index is 1.98. The summed E-state index contributed by atoms with van der Waals surface area (Å²) >= 11 is 6.17. The van der Waals surface area contributed by atoms with Crippen LogP contribution in [0.1, 0.15) is 11.6 Å². The highest BCUT2D eigenvalue weighted by molar-refractivity contribution is 6.32. The fourth-order valence-corrected chi connectivity index (χ4v) is 2.48. The molecule has 0 saturated heterocycles. The molecule has 2 aromatic carbocycles. The van der Waals surface area contributed by atoms with Crippen LogP contribution in [0.4, 0.5) is 10.1 Å². The average molecular weight is 307 g/mol. The zero-order chi connectivity index (χ0) is 15.0. The standard InChI is InChI=1S/C15H12ClFN2O2/c1-18-14-8-6-9(16)13(7-11(8)19-15(14)20)21-12-5-3-2-4-10(12)17/h2-7,14,18H,1H3,(H,19,20). The molecule has 1 unspecified atom stereocenters. The number of fused-ring (bicyclic) bond motifs is 1. The van der Waals surface area contributed by atoms with E-state index in [9.17, 15) is 9.18 Å². The number of likely N-dealkylation sites (N-methyl/N-ethyl adjacent to an activating group) is 1. The minimum atomic E-state index is -0.480. The molecule has 3 rings (SSSR count). The van der Waals surface area contributed by atoms with Gasteiger partial charge in [0.1, 0.15) is 11.8 Å². The van der Waals surface area contributed by atoms with E-state index in [0.29, 0.717) is 10.7 Å². The Morgan fingerprint density at radius 3 is 2.76 bits per heavy atom. The lowest BCUT2D eigenvalue weighted by atomic mass is 10.1. The van der Waals surface area contributed by atoms with E-state index in [1.807, 2.05) is 0 Å². The summed E-state index contributed by atoms with van der Waals surface area (Å²) in [6.07, 6.45) is 0. The number of amides is 1. The van der Waals surface area contributed by atoms with E-state index >= 15 is 0 Å². The van der Waals surface area contributed by atoms with Crippen LogP contribution >= 0.6 is 11.6 Å². The molecule has 0 bridgehead atoms. The first-order valence-corrected chi connectivity index (χ1v) is 6.72. The van der Waals surface area contributed by atoms with E-state index in [0.717, 1.165) is 5.56 Å². The first-order valence-electron chi connectivity index (χ1n) is 6.34. The van der Waals surface area contributed by atoms with Gasteiger partial charge < -0.3 is 15.4 Å². The minimum absolute atomic E-state index is 0.0776. The summed E-state index contributed by atoms with van der Waals surface area (Å²) in [6, 6.07) is 8.84. The zero-order valence-corrected chi connectivity index (χ0v) is 11.9. The molecule has 0 aromatic heterocycles. The Morgan fingerprint density at radius 2 is 2.05 bits per heavy atom. The molecule has 1 atom stereocenters. The van der Waals surface area contributed by atoms with Crippen LogP contribution in [0, 0.1) is 5.82 Å². The fourth-order valence-electron chi connectivity index (χ4n) is 2.27. The lowest BCUT2D eigenvalue weighted by Crippen LogP contribution is -2.23. The molecule has 0 fully saturated rings.